The summed E-state index contributed by atoms with van der Waals surface area (Å²) in [5.41, 5.74) is 5.48. The summed E-state index contributed by atoms with van der Waals surface area (Å²) in [4.78, 5) is 11.9. The number of hydrogen-bond acceptors (Lipinski definition) is 2. The van der Waals surface area contributed by atoms with E-state index < -0.39 is 11.6 Å². The van der Waals surface area contributed by atoms with Crippen LogP contribution in [0.1, 0.15) is 49.0 Å². The summed E-state index contributed by atoms with van der Waals surface area (Å²) in [7, 11) is 0. The average Bonchev–Trinajstić information content (AvgIpc) is 2.33. The lowest BCUT2D eigenvalue weighted by Gasteiger charge is -2.23. The first-order valence-electron chi connectivity index (χ1n) is 6.46. The molecule has 0 aromatic heterocycles. The van der Waals surface area contributed by atoms with Crippen LogP contribution in [0, 0.1) is 24.0 Å². The molecule has 0 amide bonds. The van der Waals surface area contributed by atoms with Crippen molar-refractivity contribution in [1.82, 2.24) is 0 Å². The van der Waals surface area contributed by atoms with Crippen LogP contribution in [-0.4, -0.2) is 12.3 Å². The zero-order valence-electron chi connectivity index (χ0n) is 11.7. The molecular formula is C15H21F2NO. The van der Waals surface area contributed by atoms with Gasteiger partial charge in [-0.2, -0.15) is 0 Å². The Morgan fingerprint density at radius 3 is 2.42 bits per heavy atom. The van der Waals surface area contributed by atoms with Crippen LogP contribution in [-0.2, 0) is 0 Å². The van der Waals surface area contributed by atoms with E-state index in [4.69, 9.17) is 5.73 Å². The summed E-state index contributed by atoms with van der Waals surface area (Å²) >= 11 is 0. The minimum Gasteiger partial charge on any atom is -0.330 e. The number of carbonyl (C=O) groups excluding carboxylic acids is 1. The predicted octanol–water partition coefficient (Wildman–Crippen LogP) is 3.61. The minimum atomic E-state index is -1.04. The van der Waals surface area contributed by atoms with Crippen LogP contribution in [0.25, 0.3) is 0 Å². The van der Waals surface area contributed by atoms with Gasteiger partial charge >= 0.3 is 0 Å². The molecule has 1 aromatic carbocycles. The van der Waals surface area contributed by atoms with Crippen LogP contribution in [0.5, 0.6) is 0 Å². The topological polar surface area (TPSA) is 43.1 Å². The summed E-state index contributed by atoms with van der Waals surface area (Å²) in [5.74, 6) is -2.34. The molecule has 0 fully saturated rings. The van der Waals surface area contributed by atoms with Crippen molar-refractivity contribution in [1.29, 1.82) is 0 Å². The molecule has 0 atom stereocenters. The number of Topliss-reactive ketones (excluding diaryl/α,β-unsaturated/α-hetero) is 1. The molecule has 1 aromatic rings. The van der Waals surface area contributed by atoms with Gasteiger partial charge in [-0.25, -0.2) is 8.78 Å². The van der Waals surface area contributed by atoms with E-state index in [2.05, 4.69) is 0 Å². The third-order valence-corrected chi connectivity index (χ3v) is 3.43. The predicted molar refractivity (Wildman–Crippen MR) is 72.1 cm³/mol. The number of benzene rings is 1. The van der Waals surface area contributed by atoms with Crippen molar-refractivity contribution < 1.29 is 13.6 Å². The Balaban J connectivity index is 2.77. The third kappa shape index (κ3) is 4.10. The summed E-state index contributed by atoms with van der Waals surface area (Å²) in [6, 6.07) is 2.78. The first-order chi connectivity index (χ1) is 8.78. The second kappa shape index (κ2) is 6.24. The first kappa shape index (κ1) is 15.8. The zero-order valence-corrected chi connectivity index (χ0v) is 11.7. The van der Waals surface area contributed by atoms with E-state index >= 15 is 0 Å². The molecule has 0 saturated carbocycles. The van der Waals surface area contributed by atoms with Crippen molar-refractivity contribution in [2.24, 2.45) is 11.1 Å². The molecule has 106 valence electrons. The molecule has 0 aliphatic rings. The number of carbonyl (C=O) groups is 1. The van der Waals surface area contributed by atoms with Gasteiger partial charge in [0.1, 0.15) is 0 Å². The van der Waals surface area contributed by atoms with Crippen LogP contribution in [0.3, 0.4) is 0 Å². The zero-order chi connectivity index (χ0) is 14.6. The molecule has 19 heavy (non-hydrogen) atoms. The SMILES string of the molecule is Cc1ccc(C(=O)CCC(C)(C)CCN)c(F)c1F. The molecule has 0 aliphatic heterocycles. The quantitative estimate of drug-likeness (QED) is 0.802. The van der Waals surface area contributed by atoms with E-state index in [1.54, 1.807) is 0 Å². The number of ketones is 1. The standard InChI is InChI=1S/C15H21F2NO/c1-10-4-5-11(14(17)13(10)16)12(19)6-7-15(2,3)8-9-18/h4-5H,6-9,18H2,1-3H3. The Hall–Kier alpha value is -1.29. The van der Waals surface area contributed by atoms with Crippen LogP contribution in [0.2, 0.25) is 0 Å². The van der Waals surface area contributed by atoms with Gasteiger partial charge in [0.15, 0.2) is 17.4 Å². The van der Waals surface area contributed by atoms with Crippen LogP contribution < -0.4 is 5.73 Å². The summed E-state index contributed by atoms with van der Waals surface area (Å²) < 4.78 is 27.1. The van der Waals surface area contributed by atoms with Gasteiger partial charge in [-0.3, -0.25) is 4.79 Å². The van der Waals surface area contributed by atoms with E-state index in [0.29, 0.717) is 13.0 Å². The van der Waals surface area contributed by atoms with Crippen molar-refractivity contribution in [3.8, 4) is 0 Å². The fourth-order valence-electron chi connectivity index (χ4n) is 1.96. The Kier molecular flexibility index (Phi) is 5.18. The molecule has 0 aliphatic carbocycles. The first-order valence-corrected chi connectivity index (χ1v) is 6.46. The number of rotatable bonds is 6. The van der Waals surface area contributed by atoms with Gasteiger partial charge in [-0.05, 0) is 43.4 Å². The molecule has 4 heteroatoms. The number of halogens is 2. The highest BCUT2D eigenvalue weighted by Crippen LogP contribution is 2.27. The van der Waals surface area contributed by atoms with Crippen molar-refractivity contribution in [3.05, 3.63) is 34.9 Å². The fourth-order valence-corrected chi connectivity index (χ4v) is 1.96. The maximum Gasteiger partial charge on any atom is 0.169 e. The van der Waals surface area contributed by atoms with Gasteiger partial charge in [-0.15, -0.1) is 0 Å². The maximum absolute atomic E-state index is 13.7. The van der Waals surface area contributed by atoms with Gasteiger partial charge in [0.2, 0.25) is 0 Å². The van der Waals surface area contributed by atoms with E-state index in [9.17, 15) is 13.6 Å². The molecule has 1 rings (SSSR count). The molecule has 0 spiro atoms. The maximum atomic E-state index is 13.7. The van der Waals surface area contributed by atoms with Gasteiger partial charge in [0, 0.05) is 6.42 Å². The molecule has 0 saturated heterocycles. The molecule has 2 N–H and O–H groups in total. The number of aryl methyl sites for hydroxylation is 1. The third-order valence-electron chi connectivity index (χ3n) is 3.43. The summed E-state index contributed by atoms with van der Waals surface area (Å²) in [5, 5.41) is 0. The molecule has 0 bridgehead atoms. The average molecular weight is 269 g/mol. The Bertz CT molecular complexity index is 469. The number of nitrogens with two attached hydrogens (primary N) is 1. The smallest absolute Gasteiger partial charge is 0.169 e. The van der Waals surface area contributed by atoms with Crippen molar-refractivity contribution in [2.45, 2.75) is 40.0 Å². The highest BCUT2D eigenvalue weighted by Gasteiger charge is 2.21. The lowest BCUT2D eigenvalue weighted by Crippen LogP contribution is -2.18. The molecule has 0 radical (unpaired) electrons. The highest BCUT2D eigenvalue weighted by atomic mass is 19.2. The van der Waals surface area contributed by atoms with Gasteiger partial charge < -0.3 is 5.73 Å². The second-order valence-corrected chi connectivity index (χ2v) is 5.68. The molecule has 2 nitrogen and oxygen atoms in total. The van der Waals surface area contributed by atoms with Gasteiger partial charge in [0.25, 0.3) is 0 Å². The van der Waals surface area contributed by atoms with Gasteiger partial charge in [0.05, 0.1) is 5.56 Å². The normalized spacial score (nSPS) is 11.7. The Labute approximate surface area is 113 Å². The summed E-state index contributed by atoms with van der Waals surface area (Å²) in [6.45, 7) is 6.05. The summed E-state index contributed by atoms with van der Waals surface area (Å²) in [6.07, 6.45) is 1.61. The van der Waals surface area contributed by atoms with Crippen molar-refractivity contribution in [3.63, 3.8) is 0 Å². The fraction of sp³-hybridized carbons (Fsp3) is 0.533. The molecule has 0 unspecified atom stereocenters. The molecule has 0 heterocycles. The molecular weight excluding hydrogens is 248 g/mol. The largest absolute Gasteiger partial charge is 0.330 e. The lowest BCUT2D eigenvalue weighted by molar-refractivity contribution is 0.0956. The Morgan fingerprint density at radius 2 is 1.84 bits per heavy atom. The Morgan fingerprint density at radius 1 is 1.21 bits per heavy atom. The van der Waals surface area contributed by atoms with E-state index in [0.717, 1.165) is 6.42 Å². The van der Waals surface area contributed by atoms with Crippen LogP contribution >= 0.6 is 0 Å². The second-order valence-electron chi connectivity index (χ2n) is 5.68. The van der Waals surface area contributed by atoms with E-state index in [1.807, 2.05) is 13.8 Å². The lowest BCUT2D eigenvalue weighted by atomic mass is 9.83. The van der Waals surface area contributed by atoms with Crippen molar-refractivity contribution in [2.75, 3.05) is 6.54 Å². The van der Waals surface area contributed by atoms with Crippen molar-refractivity contribution >= 4 is 5.78 Å². The van der Waals surface area contributed by atoms with Gasteiger partial charge in [-0.1, -0.05) is 19.9 Å². The number of hydrogen-bond donors (Lipinski definition) is 1. The van der Waals surface area contributed by atoms with E-state index in [1.165, 1.54) is 19.1 Å². The monoisotopic (exact) mass is 269 g/mol. The van der Waals surface area contributed by atoms with E-state index in [-0.39, 0.29) is 28.7 Å². The van der Waals surface area contributed by atoms with Crippen LogP contribution in [0.4, 0.5) is 8.78 Å². The van der Waals surface area contributed by atoms with Crippen LogP contribution in [0.15, 0.2) is 12.1 Å². The minimum absolute atomic E-state index is 0.0653. The highest BCUT2D eigenvalue weighted by molar-refractivity contribution is 5.96.